The second-order valence-electron chi connectivity index (χ2n) is 5.44. The van der Waals surface area contributed by atoms with Crippen LogP contribution in [0.4, 0.5) is 0 Å². The number of ether oxygens (including phenoxy) is 1. The van der Waals surface area contributed by atoms with Crippen LogP contribution in [0.3, 0.4) is 0 Å². The summed E-state index contributed by atoms with van der Waals surface area (Å²) in [6.45, 7) is 6.74. The molecule has 1 fully saturated rings. The number of carboxylic acid groups (broad SMARTS) is 1. The Balaban J connectivity index is 2.50. The van der Waals surface area contributed by atoms with Crippen molar-refractivity contribution in [1.29, 1.82) is 0 Å². The molecule has 1 rings (SSSR count). The molecule has 1 aliphatic carbocycles. The summed E-state index contributed by atoms with van der Waals surface area (Å²) in [5, 5.41) is 9.38. The van der Waals surface area contributed by atoms with E-state index >= 15 is 0 Å². The zero-order chi connectivity index (χ0) is 12.2. The molecule has 1 N–H and O–H groups in total. The van der Waals surface area contributed by atoms with Gasteiger partial charge in [0.05, 0.1) is 11.5 Å². The smallest absolute Gasteiger partial charge is 0.309 e. The van der Waals surface area contributed by atoms with Gasteiger partial charge in [0.1, 0.15) is 0 Å². The summed E-state index contributed by atoms with van der Waals surface area (Å²) in [6, 6.07) is 0. The molecule has 0 radical (unpaired) electrons. The first-order chi connectivity index (χ1) is 7.46. The number of hydrogen-bond acceptors (Lipinski definition) is 2. The van der Waals surface area contributed by atoms with Crippen LogP contribution in [0, 0.1) is 11.3 Å². The largest absolute Gasteiger partial charge is 0.481 e. The van der Waals surface area contributed by atoms with Crippen molar-refractivity contribution in [3.05, 3.63) is 0 Å². The van der Waals surface area contributed by atoms with E-state index in [1.165, 1.54) is 0 Å². The molecule has 0 aromatic heterocycles. The van der Waals surface area contributed by atoms with Crippen molar-refractivity contribution in [2.24, 2.45) is 11.3 Å². The topological polar surface area (TPSA) is 46.5 Å². The van der Waals surface area contributed by atoms with Crippen LogP contribution >= 0.6 is 0 Å². The summed E-state index contributed by atoms with van der Waals surface area (Å²) in [7, 11) is 0. The summed E-state index contributed by atoms with van der Waals surface area (Å²) in [6.07, 6.45) is 4.54. The Bertz CT molecular complexity index is 227. The highest BCUT2D eigenvalue weighted by Crippen LogP contribution is 2.41. The van der Waals surface area contributed by atoms with E-state index in [0.717, 1.165) is 25.7 Å². The third kappa shape index (κ3) is 3.48. The number of aliphatic carboxylic acids is 1. The molecule has 0 heterocycles. The van der Waals surface area contributed by atoms with Gasteiger partial charge >= 0.3 is 5.97 Å². The number of hydrogen-bond donors (Lipinski definition) is 1. The van der Waals surface area contributed by atoms with Gasteiger partial charge < -0.3 is 9.84 Å². The van der Waals surface area contributed by atoms with Crippen LogP contribution in [0.5, 0.6) is 0 Å². The first-order valence-electron chi connectivity index (χ1n) is 6.31. The fourth-order valence-electron chi connectivity index (χ4n) is 2.38. The maximum atomic E-state index is 11.4. The van der Waals surface area contributed by atoms with Gasteiger partial charge in [-0.3, -0.25) is 4.79 Å². The molecule has 0 unspecified atom stereocenters. The van der Waals surface area contributed by atoms with E-state index in [1.807, 2.05) is 13.8 Å². The van der Waals surface area contributed by atoms with E-state index in [1.54, 1.807) is 0 Å². The van der Waals surface area contributed by atoms with Gasteiger partial charge in [-0.25, -0.2) is 0 Å². The van der Waals surface area contributed by atoms with Crippen molar-refractivity contribution in [3.8, 4) is 0 Å². The highest BCUT2D eigenvalue weighted by Gasteiger charge is 2.40. The minimum Gasteiger partial charge on any atom is -0.481 e. The molecule has 3 nitrogen and oxygen atoms in total. The Morgan fingerprint density at radius 2 is 2.00 bits per heavy atom. The summed E-state index contributed by atoms with van der Waals surface area (Å²) in [4.78, 5) is 11.4. The van der Waals surface area contributed by atoms with Crippen LogP contribution in [-0.4, -0.2) is 23.8 Å². The predicted molar refractivity (Wildman–Crippen MR) is 63.4 cm³/mol. The molecule has 0 aromatic carbocycles. The Hall–Kier alpha value is -0.570. The van der Waals surface area contributed by atoms with E-state index < -0.39 is 11.4 Å². The zero-order valence-corrected chi connectivity index (χ0v) is 10.7. The lowest BCUT2D eigenvalue weighted by molar-refractivity contribution is -0.153. The molecule has 0 spiro atoms. The number of carboxylic acids is 1. The van der Waals surface area contributed by atoms with E-state index in [9.17, 15) is 9.90 Å². The first-order valence-corrected chi connectivity index (χ1v) is 6.31. The molecule has 1 saturated carbocycles. The highest BCUT2D eigenvalue weighted by atomic mass is 16.5. The third-order valence-electron chi connectivity index (χ3n) is 3.72. The van der Waals surface area contributed by atoms with Crippen LogP contribution in [0.2, 0.25) is 0 Å². The van der Waals surface area contributed by atoms with Gasteiger partial charge in [0, 0.05) is 6.61 Å². The van der Waals surface area contributed by atoms with Crippen LogP contribution in [0.25, 0.3) is 0 Å². The molecule has 0 bridgehead atoms. The standard InChI is InChI=1S/C13H24O3/c1-10(2)16-9-8-13(12(14)15)6-4-11(3)5-7-13/h10-11H,4-9H2,1-3H3,(H,14,15). The van der Waals surface area contributed by atoms with E-state index in [4.69, 9.17) is 4.74 Å². The lowest BCUT2D eigenvalue weighted by Gasteiger charge is -2.35. The molecular weight excluding hydrogens is 204 g/mol. The van der Waals surface area contributed by atoms with Crippen molar-refractivity contribution < 1.29 is 14.6 Å². The Morgan fingerprint density at radius 3 is 2.44 bits per heavy atom. The summed E-state index contributed by atoms with van der Waals surface area (Å²) in [5.74, 6) is 0.0465. The lowest BCUT2D eigenvalue weighted by atomic mass is 9.69. The second-order valence-corrected chi connectivity index (χ2v) is 5.44. The lowest BCUT2D eigenvalue weighted by Crippen LogP contribution is -2.36. The minimum absolute atomic E-state index is 0.188. The fraction of sp³-hybridized carbons (Fsp3) is 0.923. The van der Waals surface area contributed by atoms with Gasteiger partial charge in [-0.05, 0) is 51.9 Å². The number of rotatable bonds is 5. The highest BCUT2D eigenvalue weighted by molar-refractivity contribution is 5.74. The summed E-state index contributed by atoms with van der Waals surface area (Å²) < 4.78 is 5.48. The Labute approximate surface area is 98.2 Å². The van der Waals surface area contributed by atoms with Gasteiger partial charge in [-0.2, -0.15) is 0 Å². The molecule has 0 amide bonds. The zero-order valence-electron chi connectivity index (χ0n) is 10.7. The van der Waals surface area contributed by atoms with Gasteiger partial charge in [0.25, 0.3) is 0 Å². The van der Waals surface area contributed by atoms with Gasteiger partial charge in [0.2, 0.25) is 0 Å². The van der Waals surface area contributed by atoms with Crippen molar-refractivity contribution in [2.75, 3.05) is 6.61 Å². The quantitative estimate of drug-likeness (QED) is 0.786. The monoisotopic (exact) mass is 228 g/mol. The van der Waals surface area contributed by atoms with Crippen molar-refractivity contribution >= 4 is 5.97 Å². The van der Waals surface area contributed by atoms with Gasteiger partial charge in [-0.15, -0.1) is 0 Å². The first kappa shape index (κ1) is 13.5. The van der Waals surface area contributed by atoms with Gasteiger partial charge in [0.15, 0.2) is 0 Å². The molecule has 94 valence electrons. The molecule has 3 heteroatoms. The maximum absolute atomic E-state index is 11.4. The Kier molecular flexibility index (Phi) is 4.78. The minimum atomic E-state index is -0.633. The van der Waals surface area contributed by atoms with Crippen LogP contribution in [-0.2, 0) is 9.53 Å². The van der Waals surface area contributed by atoms with Crippen LogP contribution in [0.1, 0.15) is 52.9 Å². The van der Waals surface area contributed by atoms with Crippen LogP contribution < -0.4 is 0 Å². The summed E-state index contributed by atoms with van der Waals surface area (Å²) in [5.41, 5.74) is -0.512. The summed E-state index contributed by atoms with van der Waals surface area (Å²) >= 11 is 0. The van der Waals surface area contributed by atoms with Crippen molar-refractivity contribution in [1.82, 2.24) is 0 Å². The average Bonchev–Trinajstić information content (AvgIpc) is 2.20. The number of carbonyl (C=O) groups is 1. The van der Waals surface area contributed by atoms with E-state index in [-0.39, 0.29) is 6.10 Å². The average molecular weight is 228 g/mol. The van der Waals surface area contributed by atoms with Crippen molar-refractivity contribution in [3.63, 3.8) is 0 Å². The normalized spacial score (nSPS) is 30.6. The second kappa shape index (κ2) is 5.67. The van der Waals surface area contributed by atoms with E-state index in [0.29, 0.717) is 18.9 Å². The molecule has 0 atom stereocenters. The van der Waals surface area contributed by atoms with Crippen LogP contribution in [0.15, 0.2) is 0 Å². The van der Waals surface area contributed by atoms with E-state index in [2.05, 4.69) is 6.92 Å². The molecule has 0 saturated heterocycles. The third-order valence-corrected chi connectivity index (χ3v) is 3.72. The predicted octanol–water partition coefficient (Wildman–Crippen LogP) is 3.08. The molecular formula is C13H24O3. The Morgan fingerprint density at radius 1 is 1.44 bits per heavy atom. The molecule has 1 aliphatic rings. The maximum Gasteiger partial charge on any atom is 0.309 e. The van der Waals surface area contributed by atoms with Crippen molar-refractivity contribution in [2.45, 2.75) is 59.0 Å². The molecule has 16 heavy (non-hydrogen) atoms. The molecule has 0 aromatic rings. The molecule has 0 aliphatic heterocycles. The fourth-order valence-corrected chi connectivity index (χ4v) is 2.38. The van der Waals surface area contributed by atoms with Gasteiger partial charge in [-0.1, -0.05) is 6.92 Å². The SMILES string of the molecule is CC1CCC(CCOC(C)C)(C(=O)O)CC1.